The largest absolute Gasteiger partial charge is 0.396 e. The van der Waals surface area contributed by atoms with Crippen LogP contribution in [0.15, 0.2) is 31.7 Å². The number of aromatic nitrogens is 4. The second-order valence-corrected chi connectivity index (χ2v) is 5.80. The zero-order valence-electron chi connectivity index (χ0n) is 9.85. The second-order valence-electron chi connectivity index (χ2n) is 3.93. The van der Waals surface area contributed by atoms with Crippen LogP contribution < -0.4 is 11.4 Å². The molecule has 0 saturated carbocycles. The molecule has 8 heteroatoms. The lowest BCUT2D eigenvalue weighted by Crippen LogP contribution is -2.19. The maximum absolute atomic E-state index is 11.6. The molecule has 0 aliphatic rings. The van der Waals surface area contributed by atoms with Gasteiger partial charge in [0, 0.05) is 16.7 Å². The highest BCUT2D eigenvalue weighted by Gasteiger charge is 2.14. The third-order valence-corrected chi connectivity index (χ3v) is 3.66. The Kier molecular flexibility index (Phi) is 3.76. The molecular formula is C10H12BrN5OS. The number of H-pyrrole nitrogens is 1. The molecule has 2 aromatic rings. The molecule has 0 bridgehead atoms. The Labute approximate surface area is 116 Å². The summed E-state index contributed by atoms with van der Waals surface area (Å²) in [5.41, 5.74) is 6.17. The lowest BCUT2D eigenvalue weighted by Gasteiger charge is -2.09. The topological polar surface area (TPSA) is 89.6 Å². The molecule has 0 saturated heterocycles. The van der Waals surface area contributed by atoms with E-state index in [4.69, 9.17) is 5.73 Å². The Morgan fingerprint density at radius 1 is 1.56 bits per heavy atom. The quantitative estimate of drug-likeness (QED) is 0.899. The van der Waals surface area contributed by atoms with Gasteiger partial charge in [-0.25, -0.2) is 14.9 Å². The van der Waals surface area contributed by atoms with Crippen molar-refractivity contribution in [2.24, 2.45) is 0 Å². The van der Waals surface area contributed by atoms with Crippen molar-refractivity contribution in [3.63, 3.8) is 0 Å². The van der Waals surface area contributed by atoms with Gasteiger partial charge in [0.1, 0.15) is 5.03 Å². The molecule has 0 spiro atoms. The fourth-order valence-electron chi connectivity index (χ4n) is 1.43. The lowest BCUT2D eigenvalue weighted by molar-refractivity contribution is 0.534. The molecule has 0 aliphatic heterocycles. The second kappa shape index (κ2) is 5.15. The van der Waals surface area contributed by atoms with Crippen LogP contribution in [-0.2, 0) is 0 Å². The summed E-state index contributed by atoms with van der Waals surface area (Å²) in [4.78, 5) is 15.8. The van der Waals surface area contributed by atoms with Gasteiger partial charge in [0.05, 0.1) is 5.69 Å². The number of hydrogen-bond donors (Lipinski definition) is 2. The monoisotopic (exact) mass is 329 g/mol. The van der Waals surface area contributed by atoms with Crippen LogP contribution in [0.25, 0.3) is 0 Å². The van der Waals surface area contributed by atoms with Gasteiger partial charge in [0.2, 0.25) is 0 Å². The molecule has 0 atom stereocenters. The van der Waals surface area contributed by atoms with Crippen LogP contribution >= 0.6 is 27.7 Å². The SMILES string of the molecule is CC(C)n1c(Sc2ncc(Br)cc2N)n[nH]c1=O. The minimum Gasteiger partial charge on any atom is -0.396 e. The number of rotatable bonds is 3. The van der Waals surface area contributed by atoms with Crippen molar-refractivity contribution in [2.45, 2.75) is 30.1 Å². The molecule has 0 fully saturated rings. The van der Waals surface area contributed by atoms with Crippen LogP contribution in [0.2, 0.25) is 0 Å². The summed E-state index contributed by atoms with van der Waals surface area (Å²) >= 11 is 4.56. The Balaban J connectivity index is 2.37. The van der Waals surface area contributed by atoms with Gasteiger partial charge in [-0.2, -0.15) is 0 Å². The summed E-state index contributed by atoms with van der Waals surface area (Å²) in [5, 5.41) is 7.58. The van der Waals surface area contributed by atoms with E-state index in [0.29, 0.717) is 15.9 Å². The van der Waals surface area contributed by atoms with E-state index in [2.05, 4.69) is 31.1 Å². The average Bonchev–Trinajstić information content (AvgIpc) is 2.64. The molecule has 3 N–H and O–H groups in total. The van der Waals surface area contributed by atoms with E-state index in [1.54, 1.807) is 16.8 Å². The standard InChI is InChI=1S/C10H12BrN5OS/c1-5(2)16-9(17)14-15-10(16)18-8-7(12)3-6(11)4-13-8/h3-5H,12H2,1-2H3,(H,14,17). The highest BCUT2D eigenvalue weighted by molar-refractivity contribution is 9.10. The zero-order chi connectivity index (χ0) is 13.3. The van der Waals surface area contributed by atoms with Gasteiger partial charge < -0.3 is 5.73 Å². The predicted molar refractivity (Wildman–Crippen MR) is 73.7 cm³/mol. The number of halogens is 1. The summed E-state index contributed by atoms with van der Waals surface area (Å²) in [6.45, 7) is 3.83. The van der Waals surface area contributed by atoms with Crippen LogP contribution in [0.3, 0.4) is 0 Å². The van der Waals surface area contributed by atoms with E-state index in [-0.39, 0.29) is 11.7 Å². The Bertz CT molecular complexity index is 621. The predicted octanol–water partition coefficient (Wildman–Crippen LogP) is 2.04. The van der Waals surface area contributed by atoms with Crippen molar-refractivity contribution >= 4 is 33.4 Å². The van der Waals surface area contributed by atoms with Crippen molar-refractivity contribution in [1.82, 2.24) is 19.7 Å². The molecule has 18 heavy (non-hydrogen) atoms. The van der Waals surface area contributed by atoms with E-state index in [0.717, 1.165) is 4.47 Å². The Hall–Kier alpha value is -1.28. The maximum Gasteiger partial charge on any atom is 0.344 e. The van der Waals surface area contributed by atoms with E-state index < -0.39 is 0 Å². The number of hydrogen-bond acceptors (Lipinski definition) is 5. The highest BCUT2D eigenvalue weighted by atomic mass is 79.9. The van der Waals surface area contributed by atoms with E-state index in [1.807, 2.05) is 13.8 Å². The summed E-state index contributed by atoms with van der Waals surface area (Å²) in [7, 11) is 0. The molecule has 0 amide bonds. The molecule has 2 aromatic heterocycles. The van der Waals surface area contributed by atoms with Crippen molar-refractivity contribution in [2.75, 3.05) is 5.73 Å². The lowest BCUT2D eigenvalue weighted by atomic mass is 10.4. The average molecular weight is 330 g/mol. The molecule has 2 rings (SSSR count). The van der Waals surface area contributed by atoms with Crippen LogP contribution in [-0.4, -0.2) is 19.7 Å². The third kappa shape index (κ3) is 2.59. The first-order chi connectivity index (χ1) is 8.49. The normalized spacial score (nSPS) is 11.1. The fourth-order valence-corrected chi connectivity index (χ4v) is 2.72. The van der Waals surface area contributed by atoms with Crippen LogP contribution in [0.1, 0.15) is 19.9 Å². The molecule has 0 unspecified atom stereocenters. The molecule has 2 heterocycles. The summed E-state index contributed by atoms with van der Waals surface area (Å²) in [6.07, 6.45) is 1.66. The third-order valence-electron chi connectivity index (χ3n) is 2.22. The van der Waals surface area contributed by atoms with Crippen LogP contribution in [0.4, 0.5) is 5.69 Å². The van der Waals surface area contributed by atoms with Gasteiger partial charge in [0.25, 0.3) is 0 Å². The number of aromatic amines is 1. The first kappa shape index (κ1) is 13.2. The molecule has 0 aliphatic carbocycles. The molecule has 0 radical (unpaired) electrons. The van der Waals surface area contributed by atoms with Crippen LogP contribution in [0.5, 0.6) is 0 Å². The van der Waals surface area contributed by atoms with Crippen molar-refractivity contribution in [3.8, 4) is 0 Å². The van der Waals surface area contributed by atoms with Crippen molar-refractivity contribution in [3.05, 3.63) is 27.2 Å². The first-order valence-electron chi connectivity index (χ1n) is 5.25. The molecule has 96 valence electrons. The number of nitrogens with zero attached hydrogens (tertiary/aromatic N) is 3. The zero-order valence-corrected chi connectivity index (χ0v) is 12.2. The van der Waals surface area contributed by atoms with E-state index in [1.165, 1.54) is 11.8 Å². The number of anilines is 1. The Morgan fingerprint density at radius 2 is 2.28 bits per heavy atom. The maximum atomic E-state index is 11.6. The van der Waals surface area contributed by atoms with Gasteiger partial charge in [-0.1, -0.05) is 0 Å². The highest BCUT2D eigenvalue weighted by Crippen LogP contribution is 2.30. The van der Waals surface area contributed by atoms with E-state index in [9.17, 15) is 4.79 Å². The van der Waals surface area contributed by atoms with E-state index >= 15 is 0 Å². The number of nitrogens with two attached hydrogens (primary N) is 1. The fraction of sp³-hybridized carbons (Fsp3) is 0.300. The van der Waals surface area contributed by atoms with Gasteiger partial charge in [0.15, 0.2) is 5.16 Å². The Morgan fingerprint density at radius 3 is 2.89 bits per heavy atom. The van der Waals surface area contributed by atoms with Crippen LogP contribution in [0, 0.1) is 0 Å². The summed E-state index contributed by atoms with van der Waals surface area (Å²) in [5.74, 6) is 0. The minimum atomic E-state index is -0.233. The number of nitrogens with one attached hydrogen (secondary N) is 1. The smallest absolute Gasteiger partial charge is 0.344 e. The number of pyridine rings is 1. The minimum absolute atomic E-state index is 0.0235. The summed E-state index contributed by atoms with van der Waals surface area (Å²) in [6, 6.07) is 1.79. The van der Waals surface area contributed by atoms with Gasteiger partial charge in [-0.15, -0.1) is 5.10 Å². The van der Waals surface area contributed by atoms with Crippen molar-refractivity contribution in [1.29, 1.82) is 0 Å². The summed E-state index contributed by atoms with van der Waals surface area (Å²) < 4.78 is 2.38. The van der Waals surface area contributed by atoms with Gasteiger partial charge >= 0.3 is 5.69 Å². The van der Waals surface area contributed by atoms with Crippen molar-refractivity contribution < 1.29 is 0 Å². The first-order valence-corrected chi connectivity index (χ1v) is 6.85. The van der Waals surface area contributed by atoms with Gasteiger partial charge in [-0.3, -0.25) is 4.57 Å². The van der Waals surface area contributed by atoms with Gasteiger partial charge in [-0.05, 0) is 47.6 Å². The number of nitrogen functional groups attached to an aromatic ring is 1. The molecule has 6 nitrogen and oxygen atoms in total. The molecule has 0 aromatic carbocycles. The molecular weight excluding hydrogens is 318 g/mol.